The molecule has 0 spiro atoms. The minimum Gasteiger partial charge on any atom is -0.496 e. The second kappa shape index (κ2) is 5.21. The Kier molecular flexibility index (Phi) is 3.31. The summed E-state index contributed by atoms with van der Waals surface area (Å²) in [7, 11) is 5.38. The van der Waals surface area contributed by atoms with Gasteiger partial charge in [0.25, 0.3) is 0 Å². The summed E-state index contributed by atoms with van der Waals surface area (Å²) in [5.74, 6) is 0.940. The topological polar surface area (TPSA) is 22.1 Å². The molecular weight excluding hydrogens is 310 g/mol. The lowest BCUT2D eigenvalue weighted by Crippen LogP contribution is -1.97. The summed E-state index contributed by atoms with van der Waals surface area (Å²) in [5, 5.41) is 1.22. The Morgan fingerprint density at radius 3 is 2.59 bits per heavy atom. The Bertz CT molecular complexity index is 905. The van der Waals surface area contributed by atoms with Crippen LogP contribution in [0.5, 0.6) is 5.75 Å². The minimum absolute atomic E-state index is 0.940. The molecule has 0 saturated heterocycles. The molecule has 0 bridgehead atoms. The Balaban J connectivity index is 2.11. The highest BCUT2D eigenvalue weighted by Gasteiger charge is 2.22. The normalized spacial score (nSPS) is 12.9. The zero-order chi connectivity index (χ0) is 15.3. The van der Waals surface area contributed by atoms with Crippen LogP contribution in [-0.2, 0) is 0 Å². The molecule has 110 valence electrons. The largest absolute Gasteiger partial charge is 0.496 e. The number of fused-ring (bicyclic) bond motifs is 5. The van der Waals surface area contributed by atoms with E-state index in [4.69, 9.17) is 4.74 Å². The number of ether oxygens (including phenoxy) is 1. The van der Waals surface area contributed by atoms with Gasteiger partial charge in [-0.15, -0.1) is 0 Å². The molecule has 0 saturated carbocycles. The van der Waals surface area contributed by atoms with Crippen LogP contribution in [0.2, 0.25) is 0 Å². The maximum atomic E-state index is 5.53. The summed E-state index contributed by atoms with van der Waals surface area (Å²) < 4.78 is 5.53. The van der Waals surface area contributed by atoms with E-state index in [0.29, 0.717) is 0 Å². The second-order valence-electron chi connectivity index (χ2n) is 5.45. The fraction of sp³-hybridized carbons (Fsp3) is 0.167. The first-order valence-corrected chi connectivity index (χ1v) is 9.26. The molecule has 1 aromatic heterocycles. The first kappa shape index (κ1) is 14.0. The van der Waals surface area contributed by atoms with E-state index in [1.165, 1.54) is 37.4 Å². The van der Waals surface area contributed by atoms with Crippen LogP contribution >= 0.6 is 21.6 Å². The van der Waals surface area contributed by atoms with Gasteiger partial charge in [-0.05, 0) is 49.2 Å². The molecule has 0 unspecified atom stereocenters. The van der Waals surface area contributed by atoms with Gasteiger partial charge in [-0.1, -0.05) is 27.7 Å². The number of methoxy groups -OCH3 is 1. The highest BCUT2D eigenvalue weighted by molar-refractivity contribution is 8.76. The number of benzene rings is 2. The summed E-state index contributed by atoms with van der Waals surface area (Å²) in [5.41, 5.74) is 6.02. The maximum absolute atomic E-state index is 5.53. The van der Waals surface area contributed by atoms with Crippen molar-refractivity contribution in [1.29, 1.82) is 0 Å². The predicted molar refractivity (Wildman–Crippen MR) is 94.9 cm³/mol. The number of aryl methyl sites for hydroxylation is 2. The van der Waals surface area contributed by atoms with E-state index >= 15 is 0 Å². The van der Waals surface area contributed by atoms with E-state index in [0.717, 1.165) is 11.3 Å². The molecule has 2 nitrogen and oxygen atoms in total. The number of aromatic nitrogens is 1. The molecule has 0 N–H and O–H groups in total. The lowest BCUT2D eigenvalue weighted by molar-refractivity contribution is 0.411. The Hall–Kier alpha value is -1.65. The molecule has 1 aliphatic rings. The number of pyridine rings is 1. The quantitative estimate of drug-likeness (QED) is 0.540. The standard InChI is InChI=1S/C18H15NOS2/c1-10-7-15-13(9-14(10)20-3)17-12-5-4-6-19-18(12)11(2)8-16(17)22-21-15/h4-9H,1-3H3. The highest BCUT2D eigenvalue weighted by Crippen LogP contribution is 2.54. The molecule has 0 aliphatic carbocycles. The highest BCUT2D eigenvalue weighted by atomic mass is 33.1. The van der Waals surface area contributed by atoms with Crippen LogP contribution in [0.3, 0.4) is 0 Å². The van der Waals surface area contributed by atoms with E-state index in [-0.39, 0.29) is 0 Å². The molecule has 4 rings (SSSR count). The first-order valence-electron chi connectivity index (χ1n) is 7.11. The summed E-state index contributed by atoms with van der Waals surface area (Å²) in [6, 6.07) is 10.8. The van der Waals surface area contributed by atoms with Crippen molar-refractivity contribution in [1.82, 2.24) is 4.98 Å². The predicted octanol–water partition coefficient (Wildman–Crippen LogP) is 5.64. The molecule has 0 amide bonds. The van der Waals surface area contributed by atoms with Crippen molar-refractivity contribution in [3.63, 3.8) is 0 Å². The number of hydrogen-bond donors (Lipinski definition) is 0. The van der Waals surface area contributed by atoms with Gasteiger partial charge in [0.1, 0.15) is 5.75 Å². The van der Waals surface area contributed by atoms with Crippen LogP contribution < -0.4 is 4.74 Å². The summed E-state index contributed by atoms with van der Waals surface area (Å²) in [4.78, 5) is 7.18. The molecule has 0 radical (unpaired) electrons. The molecule has 2 heterocycles. The van der Waals surface area contributed by atoms with Crippen molar-refractivity contribution in [2.45, 2.75) is 23.6 Å². The van der Waals surface area contributed by atoms with Crippen LogP contribution in [0.4, 0.5) is 0 Å². The Labute approximate surface area is 137 Å². The maximum Gasteiger partial charge on any atom is 0.122 e. The molecule has 1 aliphatic heterocycles. The van der Waals surface area contributed by atoms with Gasteiger partial charge >= 0.3 is 0 Å². The minimum atomic E-state index is 0.940. The molecule has 22 heavy (non-hydrogen) atoms. The van der Waals surface area contributed by atoms with E-state index in [1.807, 2.05) is 33.9 Å². The monoisotopic (exact) mass is 325 g/mol. The van der Waals surface area contributed by atoms with Gasteiger partial charge in [-0.3, -0.25) is 4.98 Å². The van der Waals surface area contributed by atoms with Gasteiger partial charge in [0.05, 0.1) is 12.6 Å². The van der Waals surface area contributed by atoms with Gasteiger partial charge < -0.3 is 4.74 Å². The van der Waals surface area contributed by atoms with Crippen molar-refractivity contribution in [3.8, 4) is 16.9 Å². The van der Waals surface area contributed by atoms with Crippen molar-refractivity contribution in [2.75, 3.05) is 7.11 Å². The Morgan fingerprint density at radius 1 is 1.00 bits per heavy atom. The lowest BCUT2D eigenvalue weighted by atomic mass is 9.97. The van der Waals surface area contributed by atoms with Gasteiger partial charge in [0.2, 0.25) is 0 Å². The van der Waals surface area contributed by atoms with Crippen LogP contribution in [0, 0.1) is 13.8 Å². The van der Waals surface area contributed by atoms with Gasteiger partial charge in [0, 0.05) is 32.5 Å². The third-order valence-corrected chi connectivity index (χ3v) is 6.46. The molecule has 3 aromatic rings. The molecule has 0 fully saturated rings. The summed E-state index contributed by atoms with van der Waals surface area (Å²) in [6.07, 6.45) is 1.86. The fourth-order valence-electron chi connectivity index (χ4n) is 2.97. The van der Waals surface area contributed by atoms with Gasteiger partial charge in [0.15, 0.2) is 0 Å². The second-order valence-corrected chi connectivity index (χ2v) is 7.66. The molecule has 0 atom stereocenters. The van der Waals surface area contributed by atoms with Crippen LogP contribution in [0.25, 0.3) is 22.0 Å². The number of rotatable bonds is 1. The van der Waals surface area contributed by atoms with Crippen molar-refractivity contribution >= 4 is 32.5 Å². The van der Waals surface area contributed by atoms with Crippen molar-refractivity contribution < 1.29 is 4.74 Å². The van der Waals surface area contributed by atoms with Crippen molar-refractivity contribution in [3.05, 3.63) is 47.7 Å². The zero-order valence-corrected chi connectivity index (χ0v) is 14.3. The van der Waals surface area contributed by atoms with E-state index in [9.17, 15) is 0 Å². The van der Waals surface area contributed by atoms with Gasteiger partial charge in [-0.2, -0.15) is 0 Å². The van der Waals surface area contributed by atoms with E-state index in [2.05, 4.69) is 43.1 Å². The third-order valence-electron chi connectivity index (χ3n) is 4.03. The van der Waals surface area contributed by atoms with Crippen LogP contribution in [-0.4, -0.2) is 12.1 Å². The van der Waals surface area contributed by atoms with Crippen LogP contribution in [0.15, 0.2) is 46.3 Å². The number of nitrogens with zero attached hydrogens (tertiary/aromatic N) is 1. The van der Waals surface area contributed by atoms with E-state index in [1.54, 1.807) is 7.11 Å². The van der Waals surface area contributed by atoms with Gasteiger partial charge in [-0.25, -0.2) is 0 Å². The average Bonchev–Trinajstić information content (AvgIpc) is 2.54. The van der Waals surface area contributed by atoms with E-state index < -0.39 is 0 Å². The first-order chi connectivity index (χ1) is 10.7. The fourth-order valence-corrected chi connectivity index (χ4v) is 5.50. The molecule has 2 aromatic carbocycles. The molecule has 4 heteroatoms. The molecular formula is C18H15NOS2. The summed E-state index contributed by atoms with van der Waals surface area (Å²) in [6.45, 7) is 4.22. The lowest BCUT2D eigenvalue weighted by Gasteiger charge is -2.22. The average molecular weight is 325 g/mol. The Morgan fingerprint density at radius 2 is 1.77 bits per heavy atom. The SMILES string of the molecule is COc1cc2c(cc1C)SSc1cc(C)c3ncccc3c1-2. The third kappa shape index (κ3) is 2.02. The van der Waals surface area contributed by atoms with Crippen molar-refractivity contribution in [2.24, 2.45) is 0 Å². The van der Waals surface area contributed by atoms with Crippen LogP contribution in [0.1, 0.15) is 11.1 Å². The zero-order valence-electron chi connectivity index (χ0n) is 12.6. The summed E-state index contributed by atoms with van der Waals surface area (Å²) >= 11 is 0. The number of hydrogen-bond acceptors (Lipinski definition) is 4. The smallest absolute Gasteiger partial charge is 0.122 e.